The fourth-order valence-electron chi connectivity index (χ4n) is 1.92. The normalized spacial score (nSPS) is 12.8. The Morgan fingerprint density at radius 3 is 2.65 bits per heavy atom. The molecule has 1 atom stereocenters. The molecule has 108 valence electrons. The second-order valence-corrected chi connectivity index (χ2v) is 5.71. The van der Waals surface area contributed by atoms with Crippen LogP contribution in [0.2, 0.25) is 0 Å². The lowest BCUT2D eigenvalue weighted by Gasteiger charge is -2.11. The Bertz CT molecular complexity index is 785. The Labute approximate surface area is 117 Å². The zero-order valence-electron chi connectivity index (χ0n) is 11.0. The third kappa shape index (κ3) is 2.27. The molecule has 2 heterocycles. The van der Waals surface area contributed by atoms with Crippen LogP contribution < -0.4 is 11.2 Å². The molecule has 20 heavy (non-hydrogen) atoms. The summed E-state index contributed by atoms with van der Waals surface area (Å²) in [5.41, 5.74) is -1.03. The third-order valence-corrected chi connectivity index (χ3v) is 4.23. The lowest BCUT2D eigenvalue weighted by molar-refractivity contribution is 0.0702. The van der Waals surface area contributed by atoms with Crippen LogP contribution in [-0.2, 0) is 13.6 Å². The van der Waals surface area contributed by atoms with E-state index in [1.807, 2.05) is 0 Å². The molecule has 0 spiro atoms. The summed E-state index contributed by atoms with van der Waals surface area (Å²) in [5, 5.41) is 18.2. The summed E-state index contributed by atoms with van der Waals surface area (Å²) in [7, 11) is 1.49. The molecule has 7 nitrogen and oxygen atoms in total. The number of aliphatic hydroxyl groups is 1. The van der Waals surface area contributed by atoms with Gasteiger partial charge in [-0.1, -0.05) is 6.92 Å². The minimum absolute atomic E-state index is 0.0139. The van der Waals surface area contributed by atoms with Gasteiger partial charge in [0.05, 0.1) is 5.39 Å². The van der Waals surface area contributed by atoms with E-state index in [0.717, 1.165) is 15.9 Å². The van der Waals surface area contributed by atoms with Crippen molar-refractivity contribution < 1.29 is 15.0 Å². The third-order valence-electron chi connectivity index (χ3n) is 3.03. The largest absolute Gasteiger partial charge is 0.477 e. The van der Waals surface area contributed by atoms with Crippen molar-refractivity contribution in [3.05, 3.63) is 31.8 Å². The van der Waals surface area contributed by atoms with Gasteiger partial charge in [-0.25, -0.2) is 9.59 Å². The van der Waals surface area contributed by atoms with Gasteiger partial charge < -0.3 is 10.2 Å². The molecule has 0 aliphatic rings. The van der Waals surface area contributed by atoms with Gasteiger partial charge in [0.2, 0.25) is 0 Å². The lowest BCUT2D eigenvalue weighted by Crippen LogP contribution is -2.40. The van der Waals surface area contributed by atoms with Gasteiger partial charge in [-0.05, 0) is 12.0 Å². The zero-order valence-corrected chi connectivity index (χ0v) is 11.8. The summed E-state index contributed by atoms with van der Waals surface area (Å²) in [5.74, 6) is -1.37. The SMILES string of the molecule is C[C@@H](CO)Cn1c(=O)c2cc(C(=O)O)sc2n(C)c1=O. The summed E-state index contributed by atoms with van der Waals surface area (Å²) in [6.45, 7) is 1.67. The molecule has 2 rings (SSSR count). The Balaban J connectivity index is 2.76. The topological polar surface area (TPSA) is 102 Å². The van der Waals surface area contributed by atoms with Crippen LogP contribution in [0.25, 0.3) is 10.2 Å². The Hall–Kier alpha value is -1.93. The Morgan fingerprint density at radius 1 is 1.45 bits per heavy atom. The number of aromatic nitrogens is 2. The smallest absolute Gasteiger partial charge is 0.345 e. The van der Waals surface area contributed by atoms with Crippen molar-refractivity contribution >= 4 is 27.5 Å². The van der Waals surface area contributed by atoms with Gasteiger partial charge >= 0.3 is 11.7 Å². The van der Waals surface area contributed by atoms with Gasteiger partial charge in [0.25, 0.3) is 5.56 Å². The molecule has 0 saturated carbocycles. The summed E-state index contributed by atoms with van der Waals surface area (Å²) in [6.07, 6.45) is 0. The number of aliphatic hydroxyl groups excluding tert-OH is 1. The molecule has 2 aromatic rings. The quantitative estimate of drug-likeness (QED) is 0.833. The van der Waals surface area contributed by atoms with E-state index in [1.165, 1.54) is 17.7 Å². The predicted molar refractivity (Wildman–Crippen MR) is 74.5 cm³/mol. The minimum atomic E-state index is -1.13. The molecular weight excluding hydrogens is 284 g/mol. The first kappa shape index (κ1) is 14.5. The molecule has 0 saturated heterocycles. The van der Waals surface area contributed by atoms with E-state index >= 15 is 0 Å². The lowest BCUT2D eigenvalue weighted by atomic mass is 10.2. The molecular formula is C12H14N2O5S. The number of hydrogen-bond acceptors (Lipinski definition) is 5. The van der Waals surface area contributed by atoms with Crippen LogP contribution in [0.1, 0.15) is 16.6 Å². The van der Waals surface area contributed by atoms with E-state index in [4.69, 9.17) is 10.2 Å². The van der Waals surface area contributed by atoms with Crippen LogP contribution in [0.3, 0.4) is 0 Å². The highest BCUT2D eigenvalue weighted by Crippen LogP contribution is 2.21. The molecule has 2 aromatic heterocycles. The molecule has 0 unspecified atom stereocenters. The van der Waals surface area contributed by atoms with Crippen molar-refractivity contribution in [2.75, 3.05) is 6.61 Å². The molecule has 0 radical (unpaired) electrons. The number of aryl methyl sites for hydroxylation is 1. The van der Waals surface area contributed by atoms with E-state index in [1.54, 1.807) is 6.92 Å². The number of nitrogens with zero attached hydrogens (tertiary/aromatic N) is 2. The van der Waals surface area contributed by atoms with Gasteiger partial charge in [-0.2, -0.15) is 0 Å². The van der Waals surface area contributed by atoms with E-state index in [2.05, 4.69) is 0 Å². The Kier molecular flexibility index (Phi) is 3.78. The number of carboxylic acid groups (broad SMARTS) is 1. The van der Waals surface area contributed by atoms with Crippen LogP contribution in [0, 0.1) is 5.92 Å². The number of rotatable bonds is 4. The van der Waals surface area contributed by atoms with E-state index < -0.39 is 17.2 Å². The highest BCUT2D eigenvalue weighted by atomic mass is 32.1. The summed E-state index contributed by atoms with van der Waals surface area (Å²) in [6, 6.07) is 1.28. The molecule has 0 fully saturated rings. The zero-order chi connectivity index (χ0) is 15.0. The molecule has 2 N–H and O–H groups in total. The summed E-state index contributed by atoms with van der Waals surface area (Å²) >= 11 is 0.894. The summed E-state index contributed by atoms with van der Waals surface area (Å²) < 4.78 is 2.29. The molecule has 0 amide bonds. The van der Waals surface area contributed by atoms with Crippen molar-refractivity contribution in [1.82, 2.24) is 9.13 Å². The van der Waals surface area contributed by atoms with Crippen LogP contribution in [-0.4, -0.2) is 31.9 Å². The first-order valence-corrected chi connectivity index (χ1v) is 6.76. The van der Waals surface area contributed by atoms with Crippen molar-refractivity contribution in [1.29, 1.82) is 0 Å². The molecule has 0 bridgehead atoms. The second kappa shape index (κ2) is 5.22. The maximum absolute atomic E-state index is 12.3. The number of aromatic carboxylic acids is 1. The molecule has 0 aromatic carbocycles. The van der Waals surface area contributed by atoms with Crippen LogP contribution >= 0.6 is 11.3 Å². The molecule has 0 aliphatic carbocycles. The minimum Gasteiger partial charge on any atom is -0.477 e. The van der Waals surface area contributed by atoms with Crippen molar-refractivity contribution in [3.8, 4) is 0 Å². The maximum atomic E-state index is 12.3. The molecule has 8 heteroatoms. The average Bonchev–Trinajstić information content (AvgIpc) is 2.86. The van der Waals surface area contributed by atoms with Crippen LogP contribution in [0.15, 0.2) is 15.7 Å². The monoisotopic (exact) mass is 298 g/mol. The number of carbonyl (C=O) groups is 1. The van der Waals surface area contributed by atoms with Crippen LogP contribution in [0.5, 0.6) is 0 Å². The van der Waals surface area contributed by atoms with Gasteiger partial charge in [0.1, 0.15) is 9.71 Å². The predicted octanol–water partition coefficient (Wildman–Crippen LogP) is 0.0883. The van der Waals surface area contributed by atoms with Gasteiger partial charge in [0.15, 0.2) is 0 Å². The number of thiophene rings is 1. The van der Waals surface area contributed by atoms with E-state index in [9.17, 15) is 14.4 Å². The Morgan fingerprint density at radius 2 is 2.10 bits per heavy atom. The fraction of sp³-hybridized carbons (Fsp3) is 0.417. The van der Waals surface area contributed by atoms with E-state index in [-0.39, 0.29) is 29.3 Å². The van der Waals surface area contributed by atoms with Gasteiger partial charge in [-0.3, -0.25) is 13.9 Å². The van der Waals surface area contributed by atoms with Crippen LogP contribution in [0.4, 0.5) is 0 Å². The highest BCUT2D eigenvalue weighted by Gasteiger charge is 2.18. The van der Waals surface area contributed by atoms with Gasteiger partial charge in [-0.15, -0.1) is 11.3 Å². The second-order valence-electron chi connectivity index (χ2n) is 4.68. The number of fused-ring (bicyclic) bond motifs is 1. The first-order valence-electron chi connectivity index (χ1n) is 5.94. The van der Waals surface area contributed by atoms with Crippen molar-refractivity contribution in [2.24, 2.45) is 13.0 Å². The summed E-state index contributed by atoms with van der Waals surface area (Å²) in [4.78, 5) is 35.7. The standard InChI is InChI=1S/C12H14N2O5S/c1-6(5-15)4-14-9(16)7-3-8(11(17)18)20-10(7)13(2)12(14)19/h3,6,15H,4-5H2,1-2H3,(H,17,18)/t6-/m1/s1. The average molecular weight is 298 g/mol. The van der Waals surface area contributed by atoms with Gasteiger partial charge in [0, 0.05) is 20.2 Å². The number of carboxylic acids is 1. The van der Waals surface area contributed by atoms with Crippen molar-refractivity contribution in [2.45, 2.75) is 13.5 Å². The molecule has 0 aliphatic heterocycles. The van der Waals surface area contributed by atoms with E-state index in [0.29, 0.717) is 4.83 Å². The maximum Gasteiger partial charge on any atom is 0.345 e. The van der Waals surface area contributed by atoms with Crippen molar-refractivity contribution in [3.63, 3.8) is 0 Å². The first-order chi connectivity index (χ1) is 9.36. The fourth-order valence-corrected chi connectivity index (χ4v) is 2.86. The highest BCUT2D eigenvalue weighted by molar-refractivity contribution is 7.20. The number of hydrogen-bond donors (Lipinski definition) is 2.